The minimum atomic E-state index is -0.280. The Hall–Kier alpha value is -1.92. The van der Waals surface area contributed by atoms with Crippen LogP contribution in [0.3, 0.4) is 0 Å². The number of rotatable bonds is 5. The summed E-state index contributed by atoms with van der Waals surface area (Å²) in [5, 5.41) is 15.2. The van der Waals surface area contributed by atoms with Crippen LogP contribution in [0.4, 0.5) is 0 Å². The van der Waals surface area contributed by atoms with Gasteiger partial charge >= 0.3 is 5.97 Å². The lowest BCUT2D eigenvalue weighted by atomic mass is 10.2. The summed E-state index contributed by atoms with van der Waals surface area (Å²) in [7, 11) is 1.38. The lowest BCUT2D eigenvalue weighted by molar-refractivity contribution is -0.137. The number of carbonyl (C=O) groups excluding carboxylic acids is 1. The number of ether oxygens (including phenoxy) is 1. The Morgan fingerprint density at radius 2 is 2.05 bits per heavy atom. The van der Waals surface area contributed by atoms with E-state index in [1.54, 1.807) is 11.3 Å². The molecule has 6 heteroatoms. The molecule has 114 valence electrons. The molecular formula is C16H15NO3S2. The third-order valence-electron chi connectivity index (χ3n) is 3.35. The fourth-order valence-electron chi connectivity index (χ4n) is 2.30. The fraction of sp³-hybridized carbons (Fsp3) is 0.188. The number of aromatic nitrogens is 1. The zero-order chi connectivity index (χ0) is 15.5. The van der Waals surface area contributed by atoms with Gasteiger partial charge in [0.15, 0.2) is 5.88 Å². The Labute approximate surface area is 136 Å². The second-order valence-electron chi connectivity index (χ2n) is 4.70. The van der Waals surface area contributed by atoms with Crippen LogP contribution < -0.4 is 0 Å². The van der Waals surface area contributed by atoms with Crippen molar-refractivity contribution >= 4 is 39.8 Å². The molecule has 0 aliphatic carbocycles. The lowest BCUT2D eigenvalue weighted by Gasteiger charge is -2.09. The molecule has 3 aromatic rings. The molecule has 0 radical (unpaired) electrons. The lowest BCUT2D eigenvalue weighted by Crippen LogP contribution is -2.05. The maximum atomic E-state index is 11.4. The normalized spacial score (nSPS) is 11.0. The van der Waals surface area contributed by atoms with Crippen LogP contribution in [-0.2, 0) is 16.1 Å². The first-order chi connectivity index (χ1) is 10.7. The van der Waals surface area contributed by atoms with Gasteiger partial charge in [-0.15, -0.1) is 11.3 Å². The van der Waals surface area contributed by atoms with Gasteiger partial charge in [0.05, 0.1) is 24.4 Å². The van der Waals surface area contributed by atoms with Crippen molar-refractivity contribution < 1.29 is 14.6 Å². The standard InChI is InChI=1S/C16H15NO3S2/c1-20-14(18)10-22-16-13-7-3-2-6-12(13)15(19)17(16)9-11-5-4-8-21-11/h2-8,19H,9-10H2,1H3. The summed E-state index contributed by atoms with van der Waals surface area (Å²) in [6.07, 6.45) is 0. The molecule has 0 fully saturated rings. The monoisotopic (exact) mass is 333 g/mol. The van der Waals surface area contributed by atoms with Gasteiger partial charge in [0.2, 0.25) is 0 Å². The van der Waals surface area contributed by atoms with E-state index in [9.17, 15) is 9.90 Å². The van der Waals surface area contributed by atoms with Crippen molar-refractivity contribution in [2.24, 2.45) is 0 Å². The highest BCUT2D eigenvalue weighted by molar-refractivity contribution is 8.00. The SMILES string of the molecule is COC(=O)CSc1c2ccccc2c(O)n1Cc1cccs1. The fourth-order valence-corrected chi connectivity index (χ4v) is 4.00. The molecule has 2 heterocycles. The zero-order valence-corrected chi connectivity index (χ0v) is 13.6. The molecule has 0 saturated heterocycles. The van der Waals surface area contributed by atoms with Gasteiger partial charge in [-0.3, -0.25) is 4.79 Å². The average molecular weight is 333 g/mol. The second kappa shape index (κ2) is 6.46. The van der Waals surface area contributed by atoms with Gasteiger partial charge in [-0.05, 0) is 17.5 Å². The summed E-state index contributed by atoms with van der Waals surface area (Å²) in [4.78, 5) is 12.6. The molecule has 0 unspecified atom stereocenters. The van der Waals surface area contributed by atoms with Gasteiger partial charge < -0.3 is 14.4 Å². The Kier molecular flexibility index (Phi) is 4.40. The molecular weight excluding hydrogens is 318 g/mol. The van der Waals surface area contributed by atoms with Gasteiger partial charge in [-0.25, -0.2) is 0 Å². The number of carbonyl (C=O) groups is 1. The van der Waals surface area contributed by atoms with Crippen LogP contribution in [0.5, 0.6) is 5.88 Å². The number of methoxy groups -OCH3 is 1. The quantitative estimate of drug-likeness (QED) is 0.571. The van der Waals surface area contributed by atoms with E-state index in [0.29, 0.717) is 6.54 Å². The minimum Gasteiger partial charge on any atom is -0.494 e. The van der Waals surface area contributed by atoms with Crippen molar-refractivity contribution in [2.45, 2.75) is 11.6 Å². The first-order valence-electron chi connectivity index (χ1n) is 6.73. The smallest absolute Gasteiger partial charge is 0.316 e. The number of hydrogen-bond acceptors (Lipinski definition) is 5. The van der Waals surface area contributed by atoms with Gasteiger partial charge in [0.1, 0.15) is 0 Å². The van der Waals surface area contributed by atoms with Crippen LogP contribution in [-0.4, -0.2) is 28.5 Å². The van der Waals surface area contributed by atoms with E-state index in [-0.39, 0.29) is 17.6 Å². The summed E-state index contributed by atoms with van der Waals surface area (Å²) in [5.41, 5.74) is 0. The highest BCUT2D eigenvalue weighted by Crippen LogP contribution is 2.38. The van der Waals surface area contributed by atoms with Crippen LogP contribution in [0.25, 0.3) is 10.8 Å². The molecule has 1 N–H and O–H groups in total. The number of nitrogens with zero attached hydrogens (tertiary/aromatic N) is 1. The minimum absolute atomic E-state index is 0.217. The van der Waals surface area contributed by atoms with E-state index in [0.717, 1.165) is 20.7 Å². The summed E-state index contributed by atoms with van der Waals surface area (Å²) >= 11 is 3.03. The molecule has 1 aromatic carbocycles. The van der Waals surface area contributed by atoms with Crippen molar-refractivity contribution in [3.8, 4) is 5.88 Å². The molecule has 0 spiro atoms. The first kappa shape index (κ1) is 15.0. The number of benzene rings is 1. The van der Waals surface area contributed by atoms with Crippen LogP contribution in [0.15, 0.2) is 46.8 Å². The van der Waals surface area contributed by atoms with Gasteiger partial charge in [0, 0.05) is 15.6 Å². The largest absolute Gasteiger partial charge is 0.494 e. The van der Waals surface area contributed by atoms with Crippen LogP contribution >= 0.6 is 23.1 Å². The molecule has 0 amide bonds. The maximum Gasteiger partial charge on any atom is 0.316 e. The molecule has 0 aliphatic heterocycles. The van der Waals surface area contributed by atoms with Crippen molar-refractivity contribution in [1.29, 1.82) is 0 Å². The Balaban J connectivity index is 2.03. The predicted molar refractivity (Wildman–Crippen MR) is 89.8 cm³/mol. The number of fused-ring (bicyclic) bond motifs is 1. The Morgan fingerprint density at radius 3 is 2.73 bits per heavy atom. The zero-order valence-electron chi connectivity index (χ0n) is 12.0. The van der Waals surface area contributed by atoms with Gasteiger partial charge in [-0.1, -0.05) is 36.0 Å². The molecule has 0 atom stereocenters. The highest BCUT2D eigenvalue weighted by atomic mass is 32.2. The van der Waals surface area contributed by atoms with Crippen molar-refractivity contribution in [2.75, 3.05) is 12.9 Å². The molecule has 2 aromatic heterocycles. The van der Waals surface area contributed by atoms with Crippen molar-refractivity contribution in [3.63, 3.8) is 0 Å². The Morgan fingerprint density at radius 1 is 1.27 bits per heavy atom. The molecule has 22 heavy (non-hydrogen) atoms. The summed E-state index contributed by atoms with van der Waals surface area (Å²) in [6.45, 7) is 0.585. The maximum absolute atomic E-state index is 11.4. The molecule has 4 nitrogen and oxygen atoms in total. The van der Waals surface area contributed by atoms with E-state index in [2.05, 4.69) is 0 Å². The predicted octanol–water partition coefficient (Wildman–Crippen LogP) is 3.72. The number of thioether (sulfide) groups is 1. The molecule has 0 aliphatic rings. The van der Waals surface area contributed by atoms with E-state index in [1.807, 2.05) is 46.3 Å². The van der Waals surface area contributed by atoms with Crippen LogP contribution in [0.1, 0.15) is 4.88 Å². The molecule has 0 saturated carbocycles. The van der Waals surface area contributed by atoms with E-state index in [1.165, 1.54) is 18.9 Å². The topological polar surface area (TPSA) is 51.5 Å². The van der Waals surface area contributed by atoms with E-state index in [4.69, 9.17) is 4.74 Å². The molecule has 0 bridgehead atoms. The van der Waals surface area contributed by atoms with E-state index < -0.39 is 0 Å². The number of esters is 1. The van der Waals surface area contributed by atoms with Crippen molar-refractivity contribution in [3.05, 3.63) is 46.7 Å². The Bertz CT molecular complexity index is 793. The summed E-state index contributed by atoms with van der Waals surface area (Å²) < 4.78 is 6.56. The van der Waals surface area contributed by atoms with Crippen molar-refractivity contribution in [1.82, 2.24) is 4.57 Å². The number of thiophene rings is 1. The van der Waals surface area contributed by atoms with Crippen LogP contribution in [0.2, 0.25) is 0 Å². The summed E-state index contributed by atoms with van der Waals surface area (Å²) in [6, 6.07) is 11.7. The van der Waals surface area contributed by atoms with E-state index >= 15 is 0 Å². The second-order valence-corrected chi connectivity index (χ2v) is 6.70. The third kappa shape index (κ3) is 2.84. The number of aromatic hydroxyl groups is 1. The number of hydrogen-bond donors (Lipinski definition) is 1. The average Bonchev–Trinajstić information content (AvgIpc) is 3.14. The highest BCUT2D eigenvalue weighted by Gasteiger charge is 2.18. The van der Waals surface area contributed by atoms with Gasteiger partial charge in [-0.2, -0.15) is 0 Å². The third-order valence-corrected chi connectivity index (χ3v) is 5.30. The van der Waals surface area contributed by atoms with Crippen LogP contribution in [0, 0.1) is 0 Å². The molecule has 3 rings (SSSR count). The van der Waals surface area contributed by atoms with Gasteiger partial charge in [0.25, 0.3) is 0 Å². The summed E-state index contributed by atoms with van der Waals surface area (Å²) in [5.74, 6) is 0.169. The first-order valence-corrected chi connectivity index (χ1v) is 8.59.